The van der Waals surface area contributed by atoms with Gasteiger partial charge in [0.1, 0.15) is 11.5 Å². The molecule has 0 aliphatic heterocycles. The number of aryl methyl sites for hydroxylation is 1. The summed E-state index contributed by atoms with van der Waals surface area (Å²) in [6.07, 6.45) is 1.44. The Bertz CT molecular complexity index is 572. The molecule has 2 aromatic rings. The molecule has 0 radical (unpaired) electrons. The number of rotatable bonds is 3. The van der Waals surface area contributed by atoms with E-state index in [0.29, 0.717) is 5.69 Å². The van der Waals surface area contributed by atoms with Crippen LogP contribution < -0.4 is 0 Å². The molecular formula is C13H14FN3O. The number of ketones is 1. The Kier molecular flexibility index (Phi) is 2.98. The molecule has 0 saturated heterocycles. The predicted molar refractivity (Wildman–Crippen MR) is 64.8 cm³/mol. The second kappa shape index (κ2) is 4.33. The van der Waals surface area contributed by atoms with Crippen LogP contribution in [0.3, 0.4) is 0 Å². The summed E-state index contributed by atoms with van der Waals surface area (Å²) in [7, 11) is 1.67. The highest BCUT2D eigenvalue weighted by Gasteiger charge is 2.32. The quantitative estimate of drug-likeness (QED) is 0.780. The predicted octanol–water partition coefficient (Wildman–Crippen LogP) is 2.11. The number of hydrogen-bond donors (Lipinski definition) is 0. The van der Waals surface area contributed by atoms with E-state index in [9.17, 15) is 9.18 Å². The van der Waals surface area contributed by atoms with Crippen molar-refractivity contribution >= 4 is 5.78 Å². The second-order valence-electron chi connectivity index (χ2n) is 4.70. The maximum absolute atomic E-state index is 12.9. The van der Waals surface area contributed by atoms with Gasteiger partial charge in [0.15, 0.2) is 5.78 Å². The number of carbonyl (C=O) groups excluding carboxylic acids is 1. The monoisotopic (exact) mass is 247 g/mol. The molecule has 1 heterocycles. The molecule has 18 heavy (non-hydrogen) atoms. The van der Waals surface area contributed by atoms with Crippen molar-refractivity contribution in [2.24, 2.45) is 7.05 Å². The van der Waals surface area contributed by atoms with E-state index in [1.54, 1.807) is 33.0 Å². The zero-order valence-electron chi connectivity index (χ0n) is 10.5. The molecular weight excluding hydrogens is 233 g/mol. The zero-order chi connectivity index (χ0) is 13.3. The largest absolute Gasteiger partial charge is 0.291 e. The number of nitrogens with zero attached hydrogens (tertiary/aromatic N) is 3. The van der Waals surface area contributed by atoms with E-state index in [0.717, 1.165) is 5.56 Å². The SMILES string of the molecule is Cn1nncc1C(=O)C(C)(C)c1ccc(F)cc1. The topological polar surface area (TPSA) is 47.8 Å². The van der Waals surface area contributed by atoms with Crippen molar-refractivity contribution in [1.82, 2.24) is 15.0 Å². The Morgan fingerprint density at radius 1 is 1.28 bits per heavy atom. The zero-order valence-corrected chi connectivity index (χ0v) is 10.5. The van der Waals surface area contributed by atoms with E-state index < -0.39 is 5.41 Å². The maximum Gasteiger partial charge on any atom is 0.192 e. The lowest BCUT2D eigenvalue weighted by Crippen LogP contribution is -2.30. The second-order valence-corrected chi connectivity index (χ2v) is 4.70. The normalized spacial score (nSPS) is 11.6. The number of carbonyl (C=O) groups is 1. The van der Waals surface area contributed by atoms with Gasteiger partial charge in [-0.15, -0.1) is 5.10 Å². The van der Waals surface area contributed by atoms with Gasteiger partial charge < -0.3 is 0 Å². The molecule has 0 saturated carbocycles. The maximum atomic E-state index is 12.9. The standard InChI is InChI=1S/C13H14FN3O/c1-13(2,9-4-6-10(14)7-5-9)12(18)11-8-15-16-17(11)3/h4-8H,1-3H3. The minimum atomic E-state index is -0.747. The molecule has 1 aromatic heterocycles. The van der Waals surface area contributed by atoms with Crippen molar-refractivity contribution in [1.29, 1.82) is 0 Å². The van der Waals surface area contributed by atoms with Crippen molar-refractivity contribution in [3.05, 3.63) is 47.5 Å². The van der Waals surface area contributed by atoms with Crippen molar-refractivity contribution in [2.45, 2.75) is 19.3 Å². The summed E-state index contributed by atoms with van der Waals surface area (Å²) in [5, 5.41) is 7.44. The average Bonchev–Trinajstić information content (AvgIpc) is 2.75. The van der Waals surface area contributed by atoms with E-state index >= 15 is 0 Å². The first kappa shape index (κ1) is 12.4. The number of hydrogen-bond acceptors (Lipinski definition) is 3. The Morgan fingerprint density at radius 2 is 1.89 bits per heavy atom. The molecule has 0 amide bonds. The minimum absolute atomic E-state index is 0.0957. The fraction of sp³-hybridized carbons (Fsp3) is 0.308. The summed E-state index contributed by atoms with van der Waals surface area (Å²) in [6.45, 7) is 3.60. The van der Waals surface area contributed by atoms with E-state index in [-0.39, 0.29) is 11.6 Å². The Hall–Kier alpha value is -2.04. The summed E-state index contributed by atoms with van der Waals surface area (Å²) in [6, 6.07) is 5.95. The van der Waals surface area contributed by atoms with Crippen LogP contribution in [0, 0.1) is 5.82 Å². The van der Waals surface area contributed by atoms with Gasteiger partial charge in [0.25, 0.3) is 0 Å². The minimum Gasteiger partial charge on any atom is -0.291 e. The molecule has 0 aliphatic carbocycles. The van der Waals surface area contributed by atoms with Crippen LogP contribution in [0.15, 0.2) is 30.5 Å². The van der Waals surface area contributed by atoms with E-state index in [2.05, 4.69) is 10.3 Å². The number of Topliss-reactive ketones (excluding diaryl/α,β-unsaturated/α-hetero) is 1. The molecule has 5 heteroatoms. The molecule has 0 aliphatic rings. The summed E-state index contributed by atoms with van der Waals surface area (Å²) >= 11 is 0. The smallest absolute Gasteiger partial charge is 0.192 e. The van der Waals surface area contributed by atoms with Gasteiger partial charge in [-0.05, 0) is 31.5 Å². The van der Waals surface area contributed by atoms with Gasteiger partial charge in [0.2, 0.25) is 0 Å². The van der Waals surface area contributed by atoms with Gasteiger partial charge in [-0.2, -0.15) is 0 Å². The van der Waals surface area contributed by atoms with E-state index in [4.69, 9.17) is 0 Å². The summed E-state index contributed by atoms with van der Waals surface area (Å²) < 4.78 is 14.3. The van der Waals surface area contributed by atoms with Crippen LogP contribution in [0.25, 0.3) is 0 Å². The van der Waals surface area contributed by atoms with Gasteiger partial charge in [0, 0.05) is 7.05 Å². The number of halogens is 1. The molecule has 0 spiro atoms. The third-order valence-corrected chi connectivity index (χ3v) is 3.08. The fourth-order valence-electron chi connectivity index (χ4n) is 1.81. The van der Waals surface area contributed by atoms with Crippen LogP contribution in [-0.2, 0) is 12.5 Å². The molecule has 4 nitrogen and oxygen atoms in total. The third kappa shape index (κ3) is 2.03. The first-order chi connectivity index (χ1) is 8.43. The van der Waals surface area contributed by atoms with E-state index in [1.807, 2.05) is 0 Å². The van der Waals surface area contributed by atoms with Crippen LogP contribution in [0.5, 0.6) is 0 Å². The molecule has 0 atom stereocenters. The molecule has 0 bridgehead atoms. The highest BCUT2D eigenvalue weighted by Crippen LogP contribution is 2.27. The fourth-order valence-corrected chi connectivity index (χ4v) is 1.81. The van der Waals surface area contributed by atoms with Gasteiger partial charge >= 0.3 is 0 Å². The van der Waals surface area contributed by atoms with Crippen LogP contribution in [0.4, 0.5) is 4.39 Å². The van der Waals surface area contributed by atoms with Crippen LogP contribution in [0.1, 0.15) is 29.9 Å². The lowest BCUT2D eigenvalue weighted by Gasteiger charge is -2.23. The van der Waals surface area contributed by atoms with Crippen molar-refractivity contribution in [2.75, 3.05) is 0 Å². The van der Waals surface area contributed by atoms with Gasteiger partial charge in [-0.1, -0.05) is 17.3 Å². The van der Waals surface area contributed by atoms with Gasteiger partial charge in [-0.3, -0.25) is 4.79 Å². The Balaban J connectivity index is 2.39. The summed E-state index contributed by atoms with van der Waals surface area (Å²) in [5.41, 5.74) is 0.447. The van der Waals surface area contributed by atoms with E-state index in [1.165, 1.54) is 23.0 Å². The first-order valence-electron chi connectivity index (χ1n) is 5.58. The molecule has 0 fully saturated rings. The molecule has 94 valence electrons. The van der Waals surface area contributed by atoms with Crippen LogP contribution in [-0.4, -0.2) is 20.8 Å². The summed E-state index contributed by atoms with van der Waals surface area (Å²) in [5.74, 6) is -0.411. The lowest BCUT2D eigenvalue weighted by atomic mass is 9.79. The summed E-state index contributed by atoms with van der Waals surface area (Å²) in [4.78, 5) is 12.4. The number of aromatic nitrogens is 3. The van der Waals surface area contributed by atoms with Crippen LogP contribution >= 0.6 is 0 Å². The number of benzene rings is 1. The average molecular weight is 247 g/mol. The van der Waals surface area contributed by atoms with Crippen molar-refractivity contribution < 1.29 is 9.18 Å². The Labute approximate surface area is 104 Å². The molecule has 1 aromatic carbocycles. The first-order valence-corrected chi connectivity index (χ1v) is 5.58. The molecule has 0 unspecified atom stereocenters. The lowest BCUT2D eigenvalue weighted by molar-refractivity contribution is 0.0899. The highest BCUT2D eigenvalue weighted by atomic mass is 19.1. The van der Waals surface area contributed by atoms with Gasteiger partial charge in [-0.25, -0.2) is 9.07 Å². The van der Waals surface area contributed by atoms with Gasteiger partial charge in [0.05, 0.1) is 11.6 Å². The highest BCUT2D eigenvalue weighted by molar-refractivity contribution is 6.02. The van der Waals surface area contributed by atoms with Crippen molar-refractivity contribution in [3.8, 4) is 0 Å². The Morgan fingerprint density at radius 3 is 2.39 bits per heavy atom. The molecule has 2 rings (SSSR count). The molecule has 0 N–H and O–H groups in total. The van der Waals surface area contributed by atoms with Crippen LogP contribution in [0.2, 0.25) is 0 Å². The van der Waals surface area contributed by atoms with Crippen molar-refractivity contribution in [3.63, 3.8) is 0 Å². The third-order valence-electron chi connectivity index (χ3n) is 3.08.